The molecule has 2 atom stereocenters. The fourth-order valence-corrected chi connectivity index (χ4v) is 2.06. The normalized spacial score (nSPS) is 15.9. The largest absolute Gasteiger partial charge is 0.390 e. The quantitative estimate of drug-likeness (QED) is 0.900. The maximum Gasteiger partial charge on any atom is 0.0697 e. The van der Waals surface area contributed by atoms with Crippen molar-refractivity contribution in [1.82, 2.24) is 4.90 Å². The molecule has 0 bridgehead atoms. The molecule has 1 N–H and O–H groups in total. The molecule has 0 aliphatic carbocycles. The molecule has 0 aliphatic heterocycles. The van der Waals surface area contributed by atoms with E-state index in [0.717, 1.165) is 17.1 Å². The van der Waals surface area contributed by atoms with Gasteiger partial charge >= 0.3 is 0 Å². The van der Waals surface area contributed by atoms with Crippen LogP contribution in [0.15, 0.2) is 24.3 Å². The zero-order valence-corrected chi connectivity index (χ0v) is 13.1. The van der Waals surface area contributed by atoms with Crippen LogP contribution in [-0.2, 0) is 6.42 Å². The van der Waals surface area contributed by atoms with Crippen molar-refractivity contribution in [1.29, 1.82) is 0 Å². The molecule has 1 aromatic carbocycles. The average molecular weight is 292 g/mol. The van der Waals surface area contributed by atoms with E-state index in [-0.39, 0.29) is 18.3 Å². The maximum absolute atomic E-state index is 10.5. The number of aliphatic hydroxyl groups is 1. The summed E-state index contributed by atoms with van der Waals surface area (Å²) < 4.78 is 0. The molecule has 0 saturated carbocycles. The Kier molecular flexibility index (Phi) is 7.23. The fourth-order valence-electron chi connectivity index (χ4n) is 1.93. The fraction of sp³-hybridized carbons (Fsp3) is 0.571. The Labute approximate surface area is 121 Å². The van der Waals surface area contributed by atoms with Crippen molar-refractivity contribution in [2.24, 2.45) is 5.92 Å². The highest BCUT2D eigenvalue weighted by molar-refractivity contribution is 6.30. The molecule has 0 saturated heterocycles. The van der Waals surface area contributed by atoms with Gasteiger partial charge in [0.05, 0.1) is 5.60 Å². The molecule has 0 heterocycles. The summed E-state index contributed by atoms with van der Waals surface area (Å²) in [4.78, 5) is 2.10. The molecule has 0 spiro atoms. The summed E-state index contributed by atoms with van der Waals surface area (Å²) in [6, 6.07) is 7.67. The van der Waals surface area contributed by atoms with Crippen LogP contribution in [0.4, 0.5) is 0 Å². The van der Waals surface area contributed by atoms with Crippen molar-refractivity contribution in [3.05, 3.63) is 34.9 Å². The lowest BCUT2D eigenvalue weighted by molar-refractivity contribution is -0.00259. The summed E-state index contributed by atoms with van der Waals surface area (Å²) in [5, 5.41) is 11.2. The SMILES string of the molecule is CC(CN(C)C)C(C)(O)Cc1ccc(Cl)cc1.Cl. The van der Waals surface area contributed by atoms with Crippen molar-refractivity contribution in [2.45, 2.75) is 25.9 Å². The molecule has 1 aromatic rings. The topological polar surface area (TPSA) is 23.5 Å². The number of nitrogens with zero attached hydrogens (tertiary/aromatic N) is 1. The van der Waals surface area contributed by atoms with Gasteiger partial charge in [0.15, 0.2) is 0 Å². The van der Waals surface area contributed by atoms with E-state index in [2.05, 4.69) is 11.8 Å². The monoisotopic (exact) mass is 291 g/mol. The summed E-state index contributed by atoms with van der Waals surface area (Å²) in [6.07, 6.45) is 0.652. The van der Waals surface area contributed by atoms with Crippen molar-refractivity contribution in [3.8, 4) is 0 Å². The minimum Gasteiger partial charge on any atom is -0.390 e. The first kappa shape index (κ1) is 17.7. The molecule has 4 heteroatoms. The highest BCUT2D eigenvalue weighted by atomic mass is 35.5. The minimum absolute atomic E-state index is 0. The van der Waals surface area contributed by atoms with Crippen LogP contribution in [0.5, 0.6) is 0 Å². The standard InChI is InChI=1S/C14H22ClNO.ClH/c1-11(10-16(3)4)14(2,17)9-12-5-7-13(15)8-6-12;/h5-8,11,17H,9-10H2,1-4H3;1H. The molecule has 0 amide bonds. The van der Waals surface area contributed by atoms with Gasteiger partial charge < -0.3 is 10.0 Å². The Morgan fingerprint density at radius 2 is 1.78 bits per heavy atom. The predicted octanol–water partition coefficient (Wildman–Crippen LogP) is 3.25. The van der Waals surface area contributed by atoms with E-state index in [1.165, 1.54) is 0 Å². The van der Waals surface area contributed by atoms with Gasteiger partial charge in [0, 0.05) is 18.0 Å². The molecule has 0 fully saturated rings. The van der Waals surface area contributed by atoms with E-state index in [9.17, 15) is 5.11 Å². The summed E-state index contributed by atoms with van der Waals surface area (Å²) in [5.41, 5.74) is 0.419. The zero-order chi connectivity index (χ0) is 13.1. The molecule has 1 rings (SSSR count). The van der Waals surface area contributed by atoms with Gasteiger partial charge in [-0.15, -0.1) is 12.4 Å². The summed E-state index contributed by atoms with van der Waals surface area (Å²) in [7, 11) is 4.05. The van der Waals surface area contributed by atoms with Crippen LogP contribution in [0.2, 0.25) is 5.02 Å². The number of hydrogen-bond donors (Lipinski definition) is 1. The third-order valence-electron chi connectivity index (χ3n) is 3.18. The third-order valence-corrected chi connectivity index (χ3v) is 3.43. The first-order valence-corrected chi connectivity index (χ1v) is 6.30. The van der Waals surface area contributed by atoms with Crippen LogP contribution >= 0.6 is 24.0 Å². The Morgan fingerprint density at radius 1 is 1.28 bits per heavy atom. The van der Waals surface area contributed by atoms with Crippen LogP contribution in [0.3, 0.4) is 0 Å². The van der Waals surface area contributed by atoms with Gasteiger partial charge in [-0.1, -0.05) is 30.7 Å². The molecule has 0 radical (unpaired) electrons. The van der Waals surface area contributed by atoms with Gasteiger partial charge in [-0.3, -0.25) is 0 Å². The van der Waals surface area contributed by atoms with Crippen LogP contribution in [0.1, 0.15) is 19.4 Å². The minimum atomic E-state index is -0.696. The van der Waals surface area contributed by atoms with Crippen molar-refractivity contribution in [3.63, 3.8) is 0 Å². The highest BCUT2D eigenvalue weighted by Crippen LogP contribution is 2.23. The summed E-state index contributed by atoms with van der Waals surface area (Å²) in [5.74, 6) is 0.216. The maximum atomic E-state index is 10.5. The van der Waals surface area contributed by atoms with Crippen LogP contribution < -0.4 is 0 Å². The van der Waals surface area contributed by atoms with Crippen molar-refractivity contribution in [2.75, 3.05) is 20.6 Å². The van der Waals surface area contributed by atoms with Gasteiger partial charge in [-0.25, -0.2) is 0 Å². The van der Waals surface area contributed by atoms with Gasteiger partial charge in [0.1, 0.15) is 0 Å². The van der Waals surface area contributed by atoms with E-state index in [1.807, 2.05) is 45.3 Å². The molecule has 0 aromatic heterocycles. The second kappa shape index (κ2) is 7.34. The molecule has 18 heavy (non-hydrogen) atoms. The summed E-state index contributed by atoms with van der Waals surface area (Å²) >= 11 is 5.85. The number of benzene rings is 1. The first-order valence-electron chi connectivity index (χ1n) is 5.93. The Hall–Kier alpha value is -0.280. The predicted molar refractivity (Wildman–Crippen MR) is 80.7 cm³/mol. The van der Waals surface area contributed by atoms with Gasteiger partial charge in [0.2, 0.25) is 0 Å². The average Bonchev–Trinajstić information content (AvgIpc) is 2.20. The van der Waals surface area contributed by atoms with Crippen molar-refractivity contribution < 1.29 is 5.11 Å². The van der Waals surface area contributed by atoms with Gasteiger partial charge in [-0.05, 0) is 44.6 Å². The van der Waals surface area contributed by atoms with E-state index >= 15 is 0 Å². The number of halogens is 2. The lowest BCUT2D eigenvalue weighted by Crippen LogP contribution is -2.40. The van der Waals surface area contributed by atoms with Crippen molar-refractivity contribution >= 4 is 24.0 Å². The van der Waals surface area contributed by atoms with Crippen LogP contribution in [0.25, 0.3) is 0 Å². The van der Waals surface area contributed by atoms with Gasteiger partial charge in [0.25, 0.3) is 0 Å². The Balaban J connectivity index is 0.00000289. The zero-order valence-electron chi connectivity index (χ0n) is 11.5. The lowest BCUT2D eigenvalue weighted by atomic mass is 9.84. The van der Waals surface area contributed by atoms with Crippen LogP contribution in [-0.4, -0.2) is 36.2 Å². The van der Waals surface area contributed by atoms with Gasteiger partial charge in [-0.2, -0.15) is 0 Å². The second-order valence-electron chi connectivity index (χ2n) is 5.32. The molecular weight excluding hydrogens is 269 g/mol. The van der Waals surface area contributed by atoms with Crippen LogP contribution in [0, 0.1) is 5.92 Å². The lowest BCUT2D eigenvalue weighted by Gasteiger charge is -2.32. The third kappa shape index (κ3) is 5.57. The first-order chi connectivity index (χ1) is 7.81. The molecule has 0 aliphatic rings. The van der Waals surface area contributed by atoms with E-state index in [4.69, 9.17) is 11.6 Å². The second-order valence-corrected chi connectivity index (χ2v) is 5.76. The molecule has 2 nitrogen and oxygen atoms in total. The molecule has 104 valence electrons. The van der Waals surface area contributed by atoms with E-state index < -0.39 is 5.60 Å². The van der Waals surface area contributed by atoms with E-state index in [0.29, 0.717) is 6.42 Å². The van der Waals surface area contributed by atoms with E-state index in [1.54, 1.807) is 0 Å². The summed E-state index contributed by atoms with van der Waals surface area (Å²) in [6.45, 7) is 4.85. The Bertz CT molecular complexity index is 349. The number of hydrogen-bond acceptors (Lipinski definition) is 2. The number of rotatable bonds is 5. The molecular formula is C14H23Cl2NO. The smallest absolute Gasteiger partial charge is 0.0697 e. The Morgan fingerprint density at radius 3 is 2.22 bits per heavy atom. The molecule has 2 unspecified atom stereocenters. The highest BCUT2D eigenvalue weighted by Gasteiger charge is 2.28.